The predicted molar refractivity (Wildman–Crippen MR) is 116 cm³/mol. The Bertz CT molecular complexity index is 1210. The van der Waals surface area contributed by atoms with Crippen molar-refractivity contribution in [1.29, 1.82) is 0 Å². The van der Waals surface area contributed by atoms with Gasteiger partial charge < -0.3 is 4.90 Å². The zero-order chi connectivity index (χ0) is 21.3. The summed E-state index contributed by atoms with van der Waals surface area (Å²) in [5.41, 5.74) is 2.33. The Kier molecular flexibility index (Phi) is 5.64. The van der Waals surface area contributed by atoms with Crippen molar-refractivity contribution in [2.24, 2.45) is 0 Å². The summed E-state index contributed by atoms with van der Waals surface area (Å²) < 4.78 is 28.8. The Hall–Kier alpha value is -2.68. The molecule has 1 amide bonds. The van der Waals surface area contributed by atoms with Crippen LogP contribution in [-0.2, 0) is 14.8 Å². The number of sulfonamides is 1. The largest absolute Gasteiger partial charge is 0.337 e. The molecule has 0 saturated carbocycles. The Labute approximate surface area is 180 Å². The third-order valence-corrected chi connectivity index (χ3v) is 7.31. The molecule has 1 aliphatic rings. The van der Waals surface area contributed by atoms with Crippen LogP contribution in [0.5, 0.6) is 0 Å². The lowest BCUT2D eigenvalue weighted by Crippen LogP contribution is -2.50. The molecule has 1 saturated heterocycles. The number of hydrogen-bond donors (Lipinski definition) is 0. The number of nitrogens with zero attached hydrogens (tertiary/aromatic N) is 4. The highest BCUT2D eigenvalue weighted by Gasteiger charge is 2.29. The molecule has 0 spiro atoms. The van der Waals surface area contributed by atoms with E-state index in [9.17, 15) is 13.2 Å². The molecular weight excluding hydrogens is 424 g/mol. The van der Waals surface area contributed by atoms with Crippen LogP contribution in [0.25, 0.3) is 11.7 Å². The lowest BCUT2D eigenvalue weighted by molar-refractivity contribution is -0.127. The van der Waals surface area contributed by atoms with E-state index in [1.165, 1.54) is 10.4 Å². The topological polar surface area (TPSA) is 75.0 Å². The summed E-state index contributed by atoms with van der Waals surface area (Å²) in [6, 6.07) is 12.3. The van der Waals surface area contributed by atoms with E-state index >= 15 is 0 Å². The minimum atomic E-state index is -3.56. The van der Waals surface area contributed by atoms with Crippen LogP contribution in [0.4, 0.5) is 0 Å². The molecule has 0 bridgehead atoms. The maximum Gasteiger partial charge on any atom is 0.246 e. The summed E-state index contributed by atoms with van der Waals surface area (Å²) in [5, 5.41) is 0.319. The first-order valence-electron chi connectivity index (χ1n) is 9.53. The van der Waals surface area contributed by atoms with Crippen molar-refractivity contribution in [2.75, 3.05) is 26.2 Å². The van der Waals surface area contributed by atoms with Crippen molar-refractivity contribution in [1.82, 2.24) is 18.6 Å². The number of rotatable bonds is 4. The van der Waals surface area contributed by atoms with Gasteiger partial charge in [0.1, 0.15) is 5.65 Å². The number of imidazole rings is 1. The highest BCUT2D eigenvalue weighted by atomic mass is 35.5. The van der Waals surface area contributed by atoms with Crippen LogP contribution in [0, 0.1) is 6.92 Å². The molecule has 0 N–H and O–H groups in total. The van der Waals surface area contributed by atoms with Gasteiger partial charge in [0.2, 0.25) is 15.9 Å². The lowest BCUT2D eigenvalue weighted by Gasteiger charge is -2.33. The number of hydrogen-bond acceptors (Lipinski definition) is 4. The van der Waals surface area contributed by atoms with E-state index in [-0.39, 0.29) is 23.9 Å². The van der Waals surface area contributed by atoms with Crippen LogP contribution < -0.4 is 0 Å². The number of carbonyl (C=O) groups excluding carboxylic acids is 1. The molecule has 9 heteroatoms. The van der Waals surface area contributed by atoms with Crippen LogP contribution >= 0.6 is 11.6 Å². The number of carbonyl (C=O) groups is 1. The normalized spacial score (nSPS) is 15.9. The molecule has 0 atom stereocenters. The number of benzene rings is 1. The molecule has 3 heterocycles. The van der Waals surface area contributed by atoms with Crippen molar-refractivity contribution < 1.29 is 13.2 Å². The van der Waals surface area contributed by atoms with Crippen molar-refractivity contribution in [2.45, 2.75) is 11.8 Å². The predicted octanol–water partition coefficient (Wildman–Crippen LogP) is 2.84. The Morgan fingerprint density at radius 1 is 1.07 bits per heavy atom. The van der Waals surface area contributed by atoms with Gasteiger partial charge in [-0.05, 0) is 37.3 Å². The van der Waals surface area contributed by atoms with E-state index < -0.39 is 10.0 Å². The monoisotopic (exact) mass is 444 g/mol. The van der Waals surface area contributed by atoms with E-state index in [1.54, 1.807) is 39.6 Å². The molecule has 1 aliphatic heterocycles. The minimum Gasteiger partial charge on any atom is -0.337 e. The van der Waals surface area contributed by atoms with E-state index in [0.717, 1.165) is 5.56 Å². The van der Waals surface area contributed by atoms with Crippen LogP contribution in [0.15, 0.2) is 59.6 Å². The number of amides is 1. The Morgan fingerprint density at radius 3 is 2.47 bits per heavy atom. The third-order valence-electron chi connectivity index (χ3n) is 5.11. The van der Waals surface area contributed by atoms with Crippen molar-refractivity contribution >= 4 is 39.3 Å². The second-order valence-electron chi connectivity index (χ2n) is 7.09. The number of piperazine rings is 1. The summed E-state index contributed by atoms with van der Waals surface area (Å²) >= 11 is 6.19. The number of halogens is 1. The van der Waals surface area contributed by atoms with Gasteiger partial charge in [0, 0.05) is 38.5 Å². The van der Waals surface area contributed by atoms with Crippen molar-refractivity contribution in [3.8, 4) is 0 Å². The lowest BCUT2D eigenvalue weighted by atomic mass is 10.2. The average molecular weight is 445 g/mol. The Morgan fingerprint density at radius 2 is 1.77 bits per heavy atom. The first-order chi connectivity index (χ1) is 14.4. The summed E-state index contributed by atoms with van der Waals surface area (Å²) in [6.07, 6.45) is 4.92. The van der Waals surface area contributed by atoms with Gasteiger partial charge >= 0.3 is 0 Å². The van der Waals surface area contributed by atoms with Crippen molar-refractivity contribution in [3.05, 3.63) is 71.1 Å². The number of aromatic nitrogens is 2. The van der Waals surface area contributed by atoms with E-state index in [4.69, 9.17) is 11.6 Å². The molecular formula is C21H21ClN4O3S. The first-order valence-corrected chi connectivity index (χ1v) is 11.3. The van der Waals surface area contributed by atoms with Gasteiger partial charge in [0.25, 0.3) is 0 Å². The van der Waals surface area contributed by atoms with Gasteiger partial charge in [-0.15, -0.1) is 0 Å². The number of pyridine rings is 1. The van der Waals surface area contributed by atoms with Crippen LogP contribution in [0.1, 0.15) is 11.3 Å². The van der Waals surface area contributed by atoms with Gasteiger partial charge in [-0.2, -0.15) is 4.31 Å². The second kappa shape index (κ2) is 8.22. The highest BCUT2D eigenvalue weighted by molar-refractivity contribution is 7.89. The number of aryl methyl sites for hydroxylation is 1. The maximum atomic E-state index is 12.8. The van der Waals surface area contributed by atoms with Gasteiger partial charge in [-0.25, -0.2) is 13.4 Å². The highest BCUT2D eigenvalue weighted by Crippen LogP contribution is 2.20. The molecule has 0 aliphatic carbocycles. The van der Waals surface area contributed by atoms with Crippen molar-refractivity contribution in [3.63, 3.8) is 0 Å². The Balaban J connectivity index is 1.42. The maximum absolute atomic E-state index is 12.8. The molecule has 7 nitrogen and oxygen atoms in total. The smallest absolute Gasteiger partial charge is 0.246 e. The molecule has 2 aromatic heterocycles. The quantitative estimate of drug-likeness (QED) is 0.580. The van der Waals surface area contributed by atoms with Crippen LogP contribution in [-0.4, -0.2) is 59.1 Å². The summed E-state index contributed by atoms with van der Waals surface area (Å²) in [6.45, 7) is 3.08. The summed E-state index contributed by atoms with van der Waals surface area (Å²) in [7, 11) is -3.56. The molecule has 4 rings (SSSR count). The molecule has 0 unspecified atom stereocenters. The van der Waals surface area contributed by atoms with Gasteiger partial charge in [-0.3, -0.25) is 9.20 Å². The molecule has 1 aromatic carbocycles. The third kappa shape index (κ3) is 3.98. The van der Waals surface area contributed by atoms with Crippen LogP contribution in [0.3, 0.4) is 0 Å². The molecule has 30 heavy (non-hydrogen) atoms. The van der Waals surface area contributed by atoms with Crippen LogP contribution in [0.2, 0.25) is 5.15 Å². The first kappa shape index (κ1) is 20.6. The fourth-order valence-electron chi connectivity index (χ4n) is 3.40. The molecule has 0 radical (unpaired) electrons. The minimum absolute atomic E-state index is 0.190. The standard InChI is InChI=1S/C21H21ClN4O3S/c1-16-5-7-17(8-6-16)30(28,29)25-14-12-24(13-15-25)20(27)10-9-18-21(22)23-19-4-2-3-11-26(18)19/h2-11H,12-15H2,1H3. The van der Waals surface area contributed by atoms with Gasteiger partial charge in [0.15, 0.2) is 5.15 Å². The van der Waals surface area contributed by atoms with Gasteiger partial charge in [0.05, 0.1) is 10.6 Å². The summed E-state index contributed by atoms with van der Waals surface area (Å²) in [4.78, 5) is 18.8. The average Bonchev–Trinajstić information content (AvgIpc) is 3.07. The fourth-order valence-corrected chi connectivity index (χ4v) is 5.06. The van der Waals surface area contributed by atoms with Gasteiger partial charge in [-0.1, -0.05) is 35.4 Å². The zero-order valence-electron chi connectivity index (χ0n) is 16.4. The van der Waals surface area contributed by atoms with E-state index in [0.29, 0.717) is 29.6 Å². The van der Waals surface area contributed by atoms with E-state index in [2.05, 4.69) is 4.98 Å². The second-order valence-corrected chi connectivity index (χ2v) is 9.39. The molecule has 1 fully saturated rings. The fraction of sp³-hybridized carbons (Fsp3) is 0.238. The summed E-state index contributed by atoms with van der Waals surface area (Å²) in [5.74, 6) is -0.190. The number of fused-ring (bicyclic) bond motifs is 1. The molecule has 3 aromatic rings. The van der Waals surface area contributed by atoms with E-state index in [1.807, 2.05) is 31.3 Å². The zero-order valence-corrected chi connectivity index (χ0v) is 18.0. The molecule has 156 valence electrons. The SMILES string of the molecule is Cc1ccc(S(=O)(=O)N2CCN(C(=O)C=Cc3c(Cl)nc4ccccn34)CC2)cc1.